The minimum absolute atomic E-state index is 0.829. The van der Waals surface area contributed by atoms with Gasteiger partial charge in [0.15, 0.2) is 0 Å². The standard InChI is InChI=1S/C52H35NO/c1-4-12-36(13-5-1)38-20-22-39(23-21-38)40-24-28-44(29-25-40)53(43-16-8-3-9-17-43)45-30-33-47-48-32-27-42-34-41(37-14-6-2-7-15-37)26-31-46(42)52(48)49-18-10-11-19-50(49)54-51(47)35-45/h1-35H. The molecule has 0 saturated heterocycles. The highest BCUT2D eigenvalue weighted by Gasteiger charge is 2.24. The smallest absolute Gasteiger partial charge is 0.137 e. The predicted molar refractivity (Wildman–Crippen MR) is 226 cm³/mol. The van der Waals surface area contributed by atoms with Gasteiger partial charge in [-0.2, -0.15) is 0 Å². The highest BCUT2D eigenvalue weighted by atomic mass is 16.5. The molecule has 54 heavy (non-hydrogen) atoms. The van der Waals surface area contributed by atoms with Crippen molar-refractivity contribution >= 4 is 27.8 Å². The Morgan fingerprint density at radius 3 is 1.48 bits per heavy atom. The van der Waals surface area contributed by atoms with Crippen molar-refractivity contribution in [3.63, 3.8) is 0 Å². The maximum Gasteiger partial charge on any atom is 0.137 e. The molecule has 0 unspecified atom stereocenters. The number of ether oxygens (including phenoxy) is 1. The van der Waals surface area contributed by atoms with Crippen LogP contribution in [0.4, 0.5) is 17.1 Å². The maximum absolute atomic E-state index is 6.88. The molecule has 10 rings (SSSR count). The maximum atomic E-state index is 6.88. The Bertz CT molecular complexity index is 2760. The summed E-state index contributed by atoms with van der Waals surface area (Å²) in [6.45, 7) is 0. The monoisotopic (exact) mass is 689 g/mol. The molecule has 1 aliphatic heterocycles. The highest BCUT2D eigenvalue weighted by Crippen LogP contribution is 2.51. The fourth-order valence-corrected chi connectivity index (χ4v) is 7.81. The lowest BCUT2D eigenvalue weighted by Crippen LogP contribution is -2.10. The number of nitrogens with zero attached hydrogens (tertiary/aromatic N) is 1. The molecule has 9 aromatic carbocycles. The quantitative estimate of drug-likeness (QED) is 0.172. The van der Waals surface area contributed by atoms with E-state index in [1.807, 2.05) is 0 Å². The molecule has 2 nitrogen and oxygen atoms in total. The third-order valence-corrected chi connectivity index (χ3v) is 10.5. The predicted octanol–water partition coefficient (Wildman–Crippen LogP) is 14.8. The van der Waals surface area contributed by atoms with Crippen molar-refractivity contribution in [3.05, 3.63) is 212 Å². The topological polar surface area (TPSA) is 12.5 Å². The van der Waals surface area contributed by atoms with E-state index in [-0.39, 0.29) is 0 Å². The van der Waals surface area contributed by atoms with Crippen LogP contribution in [0.2, 0.25) is 0 Å². The lowest BCUT2D eigenvalue weighted by atomic mass is 9.88. The second-order valence-electron chi connectivity index (χ2n) is 13.7. The number of fused-ring (bicyclic) bond motifs is 7. The summed E-state index contributed by atoms with van der Waals surface area (Å²) in [4.78, 5) is 2.30. The van der Waals surface area contributed by atoms with Gasteiger partial charge >= 0.3 is 0 Å². The summed E-state index contributed by atoms with van der Waals surface area (Å²) in [5.41, 5.74) is 14.9. The molecular formula is C52H35NO. The van der Waals surface area contributed by atoms with Crippen LogP contribution in [-0.2, 0) is 0 Å². The zero-order valence-electron chi connectivity index (χ0n) is 29.6. The van der Waals surface area contributed by atoms with Gasteiger partial charge in [0.2, 0.25) is 0 Å². The molecule has 0 atom stereocenters. The molecule has 1 heterocycles. The Balaban J connectivity index is 1.05. The summed E-state index contributed by atoms with van der Waals surface area (Å²) >= 11 is 0. The highest BCUT2D eigenvalue weighted by molar-refractivity contribution is 6.08. The van der Waals surface area contributed by atoms with Crippen LogP contribution in [0, 0.1) is 0 Å². The van der Waals surface area contributed by atoms with E-state index in [9.17, 15) is 0 Å². The summed E-state index contributed by atoms with van der Waals surface area (Å²) in [5.74, 6) is 1.68. The van der Waals surface area contributed by atoms with Crippen molar-refractivity contribution in [2.75, 3.05) is 4.90 Å². The summed E-state index contributed by atoms with van der Waals surface area (Å²) in [6.07, 6.45) is 0. The minimum atomic E-state index is 0.829. The number of hydrogen-bond acceptors (Lipinski definition) is 2. The van der Waals surface area contributed by atoms with Crippen LogP contribution in [0.15, 0.2) is 212 Å². The van der Waals surface area contributed by atoms with E-state index in [1.54, 1.807) is 0 Å². The summed E-state index contributed by atoms with van der Waals surface area (Å²) in [6, 6.07) is 75.6. The van der Waals surface area contributed by atoms with E-state index < -0.39 is 0 Å². The van der Waals surface area contributed by atoms with Crippen molar-refractivity contribution in [1.29, 1.82) is 0 Å². The molecular weight excluding hydrogens is 655 g/mol. The molecule has 0 aliphatic carbocycles. The Hall–Kier alpha value is -7.16. The normalized spacial score (nSPS) is 11.5. The molecule has 0 bridgehead atoms. The Morgan fingerprint density at radius 2 is 0.796 bits per heavy atom. The molecule has 0 saturated carbocycles. The van der Waals surface area contributed by atoms with Crippen molar-refractivity contribution in [2.24, 2.45) is 0 Å². The molecule has 0 N–H and O–H groups in total. The second-order valence-corrected chi connectivity index (χ2v) is 13.7. The largest absolute Gasteiger partial charge is 0.456 e. The van der Waals surface area contributed by atoms with Gasteiger partial charge < -0.3 is 9.64 Å². The number of para-hydroxylation sites is 2. The first kappa shape index (κ1) is 31.6. The zero-order valence-corrected chi connectivity index (χ0v) is 29.6. The van der Waals surface area contributed by atoms with E-state index >= 15 is 0 Å². The van der Waals surface area contributed by atoms with Crippen LogP contribution in [0.5, 0.6) is 11.5 Å². The van der Waals surface area contributed by atoms with Crippen molar-refractivity contribution in [1.82, 2.24) is 0 Å². The Kier molecular flexibility index (Phi) is 7.85. The third kappa shape index (κ3) is 5.71. The lowest BCUT2D eigenvalue weighted by molar-refractivity contribution is 0.488. The fourth-order valence-electron chi connectivity index (χ4n) is 7.81. The van der Waals surface area contributed by atoms with Gasteiger partial charge in [0, 0.05) is 39.8 Å². The molecule has 0 radical (unpaired) electrons. The minimum Gasteiger partial charge on any atom is -0.456 e. The Morgan fingerprint density at radius 1 is 0.296 bits per heavy atom. The van der Waals surface area contributed by atoms with Gasteiger partial charge in [-0.15, -0.1) is 0 Å². The summed E-state index contributed by atoms with van der Waals surface area (Å²) < 4.78 is 6.88. The SMILES string of the molecule is c1ccc(-c2ccc(-c3ccc(N(c4ccccc4)c4ccc5c(c4)Oc4ccccc4-c4c-5ccc5cc(-c6ccccc6)ccc45)cc3)cc2)cc1. The van der Waals surface area contributed by atoms with Crippen LogP contribution >= 0.6 is 0 Å². The number of benzene rings is 9. The first-order valence-electron chi connectivity index (χ1n) is 18.4. The van der Waals surface area contributed by atoms with Crippen LogP contribution in [0.3, 0.4) is 0 Å². The first-order chi connectivity index (χ1) is 26.8. The fraction of sp³-hybridized carbons (Fsp3) is 0. The summed E-state index contributed by atoms with van der Waals surface area (Å²) in [5, 5.41) is 2.41. The lowest BCUT2D eigenvalue weighted by Gasteiger charge is -2.26. The molecule has 0 amide bonds. The average molecular weight is 690 g/mol. The third-order valence-electron chi connectivity index (χ3n) is 10.5. The molecule has 0 fully saturated rings. The number of hydrogen-bond donors (Lipinski definition) is 0. The number of anilines is 3. The molecule has 1 aliphatic rings. The van der Waals surface area contributed by atoms with E-state index in [0.717, 1.165) is 45.3 Å². The van der Waals surface area contributed by atoms with Gasteiger partial charge in [0.05, 0.1) is 0 Å². The van der Waals surface area contributed by atoms with Crippen LogP contribution in [0.1, 0.15) is 0 Å². The average Bonchev–Trinajstić information content (AvgIpc) is 3.39. The van der Waals surface area contributed by atoms with E-state index in [0.29, 0.717) is 0 Å². The number of rotatable bonds is 6. The van der Waals surface area contributed by atoms with E-state index in [4.69, 9.17) is 4.74 Å². The van der Waals surface area contributed by atoms with Crippen molar-refractivity contribution in [2.45, 2.75) is 0 Å². The van der Waals surface area contributed by atoms with Gasteiger partial charge in [-0.25, -0.2) is 0 Å². The molecule has 2 heteroatoms. The van der Waals surface area contributed by atoms with Gasteiger partial charge in [-0.3, -0.25) is 0 Å². The van der Waals surface area contributed by atoms with E-state index in [2.05, 4.69) is 217 Å². The van der Waals surface area contributed by atoms with Gasteiger partial charge in [0.25, 0.3) is 0 Å². The van der Waals surface area contributed by atoms with Crippen LogP contribution < -0.4 is 9.64 Å². The molecule has 254 valence electrons. The van der Waals surface area contributed by atoms with Gasteiger partial charge in [-0.1, -0.05) is 158 Å². The Labute approximate surface area is 315 Å². The molecule has 0 aromatic heterocycles. The molecule has 9 aromatic rings. The van der Waals surface area contributed by atoms with Gasteiger partial charge in [-0.05, 0) is 98.2 Å². The zero-order chi connectivity index (χ0) is 35.8. The second kappa shape index (κ2) is 13.4. The van der Waals surface area contributed by atoms with Crippen LogP contribution in [-0.4, -0.2) is 0 Å². The van der Waals surface area contributed by atoms with Crippen molar-refractivity contribution in [3.8, 4) is 67.1 Å². The van der Waals surface area contributed by atoms with Gasteiger partial charge in [0.1, 0.15) is 11.5 Å². The first-order valence-corrected chi connectivity index (χ1v) is 18.4. The van der Waals surface area contributed by atoms with Crippen LogP contribution in [0.25, 0.3) is 66.4 Å². The van der Waals surface area contributed by atoms with E-state index in [1.165, 1.54) is 49.7 Å². The summed E-state index contributed by atoms with van der Waals surface area (Å²) in [7, 11) is 0. The molecule has 0 spiro atoms. The van der Waals surface area contributed by atoms with Crippen molar-refractivity contribution < 1.29 is 4.74 Å².